The van der Waals surface area contributed by atoms with Gasteiger partial charge in [-0.05, 0) is 54.9 Å². The molecule has 162 valence electrons. The second-order valence-electron chi connectivity index (χ2n) is 8.59. The van der Waals surface area contributed by atoms with Gasteiger partial charge < -0.3 is 4.74 Å². The third-order valence-electron chi connectivity index (χ3n) is 6.44. The average Bonchev–Trinajstić information content (AvgIpc) is 2.76. The number of ether oxygens (including phenoxy) is 1. The molecule has 30 heavy (non-hydrogen) atoms. The lowest BCUT2D eigenvalue weighted by atomic mass is 9.77. The first-order chi connectivity index (χ1) is 14.5. The van der Waals surface area contributed by atoms with Gasteiger partial charge in [-0.3, -0.25) is 4.79 Å². The van der Waals surface area contributed by atoms with Gasteiger partial charge in [0.15, 0.2) is 0 Å². The zero-order valence-electron chi connectivity index (χ0n) is 17.8. The van der Waals surface area contributed by atoms with Gasteiger partial charge in [0.2, 0.25) is 0 Å². The fourth-order valence-electron chi connectivity index (χ4n) is 4.61. The number of hydrogen-bond donors (Lipinski definition) is 0. The molecule has 1 aliphatic carbocycles. The fraction of sp³-hybridized carbons (Fsp3) is 0.500. The molecule has 0 saturated heterocycles. The van der Waals surface area contributed by atoms with Crippen molar-refractivity contribution in [2.45, 2.75) is 64.2 Å². The van der Waals surface area contributed by atoms with Gasteiger partial charge in [0.1, 0.15) is 11.5 Å². The van der Waals surface area contributed by atoms with Gasteiger partial charge in [0.25, 0.3) is 0 Å². The van der Waals surface area contributed by atoms with E-state index in [0.717, 1.165) is 30.1 Å². The van der Waals surface area contributed by atoms with Gasteiger partial charge in [-0.25, -0.2) is 0 Å². The molecule has 0 spiro atoms. The number of Topliss-reactive ketones (excluding diaryl/α,β-unsaturated/α-hetero) is 1. The summed E-state index contributed by atoms with van der Waals surface area (Å²) in [5.41, 5.74) is 2.27. The Labute approximate surface area is 190 Å². The van der Waals surface area contributed by atoms with Crippen molar-refractivity contribution in [2.75, 3.05) is 7.11 Å². The Morgan fingerprint density at radius 2 is 1.67 bits per heavy atom. The van der Waals surface area contributed by atoms with Crippen molar-refractivity contribution in [3.63, 3.8) is 0 Å². The van der Waals surface area contributed by atoms with Gasteiger partial charge in [0.05, 0.1) is 17.2 Å². The molecule has 1 fully saturated rings. The fourth-order valence-corrected chi connectivity index (χ4v) is 4.93. The maximum absolute atomic E-state index is 12.4. The van der Waals surface area contributed by atoms with E-state index in [1.54, 1.807) is 7.11 Å². The Kier molecular flexibility index (Phi) is 9.08. The summed E-state index contributed by atoms with van der Waals surface area (Å²) in [6, 6.07) is 13.8. The maximum Gasteiger partial charge on any atom is 0.137 e. The summed E-state index contributed by atoms with van der Waals surface area (Å²) in [5, 5.41) is 1.27. The monoisotopic (exact) mass is 446 g/mol. The lowest BCUT2D eigenvalue weighted by Crippen LogP contribution is -2.16. The average molecular weight is 447 g/mol. The van der Waals surface area contributed by atoms with Crippen molar-refractivity contribution in [2.24, 2.45) is 11.8 Å². The summed E-state index contributed by atoms with van der Waals surface area (Å²) in [5.74, 6) is 2.67. The summed E-state index contributed by atoms with van der Waals surface area (Å²) in [6.45, 7) is 0. The molecule has 2 nitrogen and oxygen atoms in total. The second-order valence-corrected chi connectivity index (χ2v) is 9.41. The highest BCUT2D eigenvalue weighted by atomic mass is 35.5. The van der Waals surface area contributed by atoms with Gasteiger partial charge in [-0.15, -0.1) is 0 Å². The van der Waals surface area contributed by atoms with Gasteiger partial charge in [0, 0.05) is 18.4 Å². The van der Waals surface area contributed by atoms with Crippen LogP contribution in [0, 0.1) is 11.8 Å². The van der Waals surface area contributed by atoms with Gasteiger partial charge in [-0.2, -0.15) is 0 Å². The number of aryl methyl sites for hydroxylation is 1. The van der Waals surface area contributed by atoms with Crippen molar-refractivity contribution in [3.8, 4) is 5.75 Å². The topological polar surface area (TPSA) is 26.3 Å². The number of ketones is 1. The molecule has 0 bridgehead atoms. The first-order valence-electron chi connectivity index (χ1n) is 11.1. The second kappa shape index (κ2) is 11.8. The van der Waals surface area contributed by atoms with E-state index >= 15 is 0 Å². The predicted molar refractivity (Wildman–Crippen MR) is 126 cm³/mol. The third kappa shape index (κ3) is 7.03. The Morgan fingerprint density at radius 1 is 0.967 bits per heavy atom. The molecular weight excluding hydrogens is 415 g/mol. The molecule has 2 aromatic carbocycles. The Hall–Kier alpha value is -1.51. The van der Waals surface area contributed by atoms with E-state index in [-0.39, 0.29) is 0 Å². The highest BCUT2D eigenvalue weighted by Gasteiger charge is 2.21. The molecule has 0 amide bonds. The van der Waals surface area contributed by atoms with Crippen LogP contribution in [0.4, 0.5) is 0 Å². The summed E-state index contributed by atoms with van der Waals surface area (Å²) in [7, 11) is 1.66. The van der Waals surface area contributed by atoms with E-state index in [1.807, 2.05) is 36.4 Å². The van der Waals surface area contributed by atoms with Crippen LogP contribution in [0.15, 0.2) is 42.5 Å². The van der Waals surface area contributed by atoms with Gasteiger partial charge >= 0.3 is 0 Å². The molecule has 0 N–H and O–H groups in total. The van der Waals surface area contributed by atoms with Crippen LogP contribution in [0.25, 0.3) is 0 Å². The van der Waals surface area contributed by atoms with Crippen molar-refractivity contribution < 1.29 is 9.53 Å². The molecule has 0 unspecified atom stereocenters. The van der Waals surface area contributed by atoms with E-state index in [4.69, 9.17) is 27.9 Å². The summed E-state index contributed by atoms with van der Waals surface area (Å²) in [4.78, 5) is 12.4. The van der Waals surface area contributed by atoms with Crippen LogP contribution in [0.3, 0.4) is 0 Å². The standard InChI is InChI=1S/C26H32Cl2O2/c1-30-26-8-3-2-7-22(26)18-23(29)15-13-20-11-9-19(10-12-20)5-4-6-21-14-16-24(27)25(28)17-21/h2-3,7-8,14,16-17,19-20H,4-6,9-13,15,18H2,1H3. The minimum atomic E-state index is 0.322. The van der Waals surface area contributed by atoms with E-state index in [0.29, 0.717) is 34.6 Å². The van der Waals surface area contributed by atoms with Crippen LogP contribution < -0.4 is 4.74 Å². The van der Waals surface area contributed by atoms with Crippen LogP contribution in [0.5, 0.6) is 5.75 Å². The number of rotatable bonds is 10. The molecule has 0 heterocycles. The van der Waals surface area contributed by atoms with E-state index < -0.39 is 0 Å². The van der Waals surface area contributed by atoms with Crippen LogP contribution in [-0.2, 0) is 17.6 Å². The number of carbonyl (C=O) groups excluding carboxylic acids is 1. The molecule has 0 aromatic heterocycles. The minimum Gasteiger partial charge on any atom is -0.496 e. The van der Waals surface area contributed by atoms with Crippen molar-refractivity contribution in [1.82, 2.24) is 0 Å². The molecule has 4 heteroatoms. The largest absolute Gasteiger partial charge is 0.496 e. The Bertz CT molecular complexity index is 826. The lowest BCUT2D eigenvalue weighted by molar-refractivity contribution is -0.118. The van der Waals surface area contributed by atoms with Crippen LogP contribution >= 0.6 is 23.2 Å². The van der Waals surface area contributed by atoms with Crippen LogP contribution in [0.1, 0.15) is 62.5 Å². The van der Waals surface area contributed by atoms with E-state index in [9.17, 15) is 4.79 Å². The highest BCUT2D eigenvalue weighted by molar-refractivity contribution is 6.42. The summed E-state index contributed by atoms with van der Waals surface area (Å²) in [6.07, 6.45) is 10.9. The van der Waals surface area contributed by atoms with Crippen molar-refractivity contribution >= 4 is 29.0 Å². The Balaban J connectivity index is 1.32. The molecular formula is C26H32Cl2O2. The molecule has 0 aliphatic heterocycles. The molecule has 0 radical (unpaired) electrons. The minimum absolute atomic E-state index is 0.322. The number of benzene rings is 2. The van der Waals surface area contributed by atoms with Crippen LogP contribution in [0.2, 0.25) is 10.0 Å². The predicted octanol–water partition coefficient (Wildman–Crippen LogP) is 7.72. The molecule has 1 aliphatic rings. The maximum atomic E-state index is 12.4. The SMILES string of the molecule is COc1ccccc1CC(=O)CCC1CCC(CCCc2ccc(Cl)c(Cl)c2)CC1. The lowest BCUT2D eigenvalue weighted by Gasteiger charge is -2.28. The molecule has 0 atom stereocenters. The zero-order chi connectivity index (χ0) is 21.3. The normalized spacial score (nSPS) is 18.9. The molecule has 3 rings (SSSR count). The van der Waals surface area contributed by atoms with E-state index in [2.05, 4.69) is 6.07 Å². The van der Waals surface area contributed by atoms with Crippen molar-refractivity contribution in [1.29, 1.82) is 0 Å². The van der Waals surface area contributed by atoms with Crippen molar-refractivity contribution in [3.05, 3.63) is 63.6 Å². The summed E-state index contributed by atoms with van der Waals surface area (Å²) >= 11 is 12.1. The van der Waals surface area contributed by atoms with E-state index in [1.165, 1.54) is 44.1 Å². The molecule has 1 saturated carbocycles. The van der Waals surface area contributed by atoms with Crippen LogP contribution in [-0.4, -0.2) is 12.9 Å². The zero-order valence-corrected chi connectivity index (χ0v) is 19.4. The smallest absolute Gasteiger partial charge is 0.137 e. The van der Waals surface area contributed by atoms with Gasteiger partial charge in [-0.1, -0.05) is 79.6 Å². The quantitative estimate of drug-likeness (QED) is 0.373. The first kappa shape index (κ1) is 23.2. The first-order valence-corrected chi connectivity index (χ1v) is 11.9. The number of para-hydroxylation sites is 1. The Morgan fingerprint density at radius 3 is 2.37 bits per heavy atom. The third-order valence-corrected chi connectivity index (χ3v) is 7.18. The summed E-state index contributed by atoms with van der Waals surface area (Å²) < 4.78 is 5.36. The number of halogens is 2. The highest BCUT2D eigenvalue weighted by Crippen LogP contribution is 2.34. The number of carbonyl (C=O) groups is 1. The number of methoxy groups -OCH3 is 1. The molecule has 2 aromatic rings. The number of hydrogen-bond acceptors (Lipinski definition) is 2.